The van der Waals surface area contributed by atoms with Crippen molar-refractivity contribution in [1.82, 2.24) is 5.32 Å². The van der Waals surface area contributed by atoms with Crippen LogP contribution in [0, 0.1) is 0 Å². The fraction of sp³-hybridized carbons (Fsp3) is 0.294. The van der Waals surface area contributed by atoms with Gasteiger partial charge in [-0.05, 0) is 53.8 Å². The van der Waals surface area contributed by atoms with Crippen molar-refractivity contribution < 1.29 is 4.74 Å². The SMILES string of the molecule is COc1cccc(CNC2Cc3ccc(Cl)cc3C2)c1. The molecule has 1 aliphatic carbocycles. The Morgan fingerprint density at radius 2 is 2.00 bits per heavy atom. The smallest absolute Gasteiger partial charge is 0.119 e. The molecule has 1 unspecified atom stereocenters. The lowest BCUT2D eigenvalue weighted by Gasteiger charge is -2.12. The molecule has 0 bridgehead atoms. The van der Waals surface area contributed by atoms with E-state index in [1.165, 1.54) is 16.7 Å². The Kier molecular flexibility index (Phi) is 3.95. The van der Waals surface area contributed by atoms with Gasteiger partial charge in [0.1, 0.15) is 5.75 Å². The highest BCUT2D eigenvalue weighted by Gasteiger charge is 2.20. The van der Waals surface area contributed by atoms with Gasteiger partial charge in [0.2, 0.25) is 0 Å². The summed E-state index contributed by atoms with van der Waals surface area (Å²) >= 11 is 6.04. The van der Waals surface area contributed by atoms with E-state index in [0.717, 1.165) is 30.2 Å². The highest BCUT2D eigenvalue weighted by atomic mass is 35.5. The molecule has 2 aromatic rings. The number of fused-ring (bicyclic) bond motifs is 1. The monoisotopic (exact) mass is 287 g/mol. The van der Waals surface area contributed by atoms with Crippen LogP contribution in [0.4, 0.5) is 0 Å². The van der Waals surface area contributed by atoms with Crippen LogP contribution < -0.4 is 10.1 Å². The van der Waals surface area contributed by atoms with Gasteiger partial charge < -0.3 is 10.1 Å². The van der Waals surface area contributed by atoms with Crippen molar-refractivity contribution in [1.29, 1.82) is 0 Å². The van der Waals surface area contributed by atoms with Gasteiger partial charge in [-0.3, -0.25) is 0 Å². The molecule has 0 amide bonds. The minimum Gasteiger partial charge on any atom is -0.497 e. The number of benzene rings is 2. The molecule has 1 aliphatic rings. The van der Waals surface area contributed by atoms with Crippen molar-refractivity contribution in [3.63, 3.8) is 0 Å². The molecular weight excluding hydrogens is 270 g/mol. The quantitative estimate of drug-likeness (QED) is 0.928. The van der Waals surface area contributed by atoms with Gasteiger partial charge in [-0.15, -0.1) is 0 Å². The topological polar surface area (TPSA) is 21.3 Å². The molecule has 3 rings (SSSR count). The van der Waals surface area contributed by atoms with Crippen LogP contribution in [-0.4, -0.2) is 13.2 Å². The van der Waals surface area contributed by atoms with Gasteiger partial charge >= 0.3 is 0 Å². The fourth-order valence-electron chi connectivity index (χ4n) is 2.78. The zero-order valence-electron chi connectivity index (χ0n) is 11.5. The van der Waals surface area contributed by atoms with Crippen LogP contribution in [0.1, 0.15) is 16.7 Å². The molecule has 0 spiro atoms. The third kappa shape index (κ3) is 2.97. The Labute approximate surface area is 124 Å². The average molecular weight is 288 g/mol. The predicted octanol–water partition coefficient (Wildman–Crippen LogP) is 3.61. The van der Waals surface area contributed by atoms with Crippen LogP contribution in [0.15, 0.2) is 42.5 Å². The van der Waals surface area contributed by atoms with Crippen LogP contribution in [0.25, 0.3) is 0 Å². The minimum absolute atomic E-state index is 0.495. The van der Waals surface area contributed by atoms with Crippen molar-refractivity contribution in [3.05, 3.63) is 64.2 Å². The van der Waals surface area contributed by atoms with Crippen molar-refractivity contribution >= 4 is 11.6 Å². The molecular formula is C17H18ClNO. The van der Waals surface area contributed by atoms with E-state index in [1.54, 1.807) is 7.11 Å². The molecule has 0 saturated heterocycles. The van der Waals surface area contributed by atoms with E-state index in [4.69, 9.17) is 16.3 Å². The molecule has 0 fully saturated rings. The van der Waals surface area contributed by atoms with Crippen LogP contribution in [0.2, 0.25) is 5.02 Å². The molecule has 0 radical (unpaired) electrons. The molecule has 20 heavy (non-hydrogen) atoms. The molecule has 2 nitrogen and oxygen atoms in total. The molecule has 2 aromatic carbocycles. The van der Waals surface area contributed by atoms with Crippen LogP contribution in [-0.2, 0) is 19.4 Å². The van der Waals surface area contributed by atoms with Gasteiger partial charge in [-0.2, -0.15) is 0 Å². The zero-order valence-corrected chi connectivity index (χ0v) is 12.3. The van der Waals surface area contributed by atoms with E-state index in [1.807, 2.05) is 18.2 Å². The predicted molar refractivity (Wildman–Crippen MR) is 82.5 cm³/mol. The third-order valence-corrected chi connectivity index (χ3v) is 4.07. The molecule has 3 heteroatoms. The standard InChI is InChI=1S/C17H18ClNO/c1-20-17-4-2-3-12(7-17)11-19-16-9-13-5-6-15(18)8-14(13)10-16/h2-8,16,19H,9-11H2,1H3. The van der Waals surface area contributed by atoms with Crippen molar-refractivity contribution in [2.75, 3.05) is 7.11 Å². The molecule has 0 saturated carbocycles. The second-order valence-electron chi connectivity index (χ2n) is 5.25. The summed E-state index contributed by atoms with van der Waals surface area (Å²) in [5, 5.41) is 4.45. The third-order valence-electron chi connectivity index (χ3n) is 3.83. The first-order valence-corrected chi connectivity index (χ1v) is 7.26. The van der Waals surface area contributed by atoms with Gasteiger partial charge in [-0.25, -0.2) is 0 Å². The first-order valence-electron chi connectivity index (χ1n) is 6.88. The van der Waals surface area contributed by atoms with Crippen LogP contribution in [0.5, 0.6) is 5.75 Å². The molecule has 0 heterocycles. The summed E-state index contributed by atoms with van der Waals surface area (Å²) in [5.41, 5.74) is 4.04. The molecule has 1 N–H and O–H groups in total. The average Bonchev–Trinajstić information content (AvgIpc) is 2.87. The van der Waals surface area contributed by atoms with Crippen molar-refractivity contribution in [3.8, 4) is 5.75 Å². The van der Waals surface area contributed by atoms with Gasteiger partial charge in [0.25, 0.3) is 0 Å². The van der Waals surface area contributed by atoms with E-state index >= 15 is 0 Å². The summed E-state index contributed by atoms with van der Waals surface area (Å²) in [7, 11) is 1.70. The van der Waals surface area contributed by atoms with Crippen molar-refractivity contribution in [2.45, 2.75) is 25.4 Å². The van der Waals surface area contributed by atoms with Crippen molar-refractivity contribution in [2.24, 2.45) is 0 Å². The number of halogens is 1. The summed E-state index contributed by atoms with van der Waals surface area (Å²) < 4.78 is 5.25. The van der Waals surface area contributed by atoms with Crippen LogP contribution >= 0.6 is 11.6 Å². The number of hydrogen-bond acceptors (Lipinski definition) is 2. The normalized spacial score (nSPS) is 17.0. The van der Waals surface area contributed by atoms with Gasteiger partial charge in [0, 0.05) is 17.6 Å². The van der Waals surface area contributed by atoms with E-state index in [9.17, 15) is 0 Å². The summed E-state index contributed by atoms with van der Waals surface area (Å²) in [6.07, 6.45) is 2.14. The lowest BCUT2D eigenvalue weighted by Crippen LogP contribution is -2.28. The highest BCUT2D eigenvalue weighted by molar-refractivity contribution is 6.30. The number of methoxy groups -OCH3 is 1. The zero-order chi connectivity index (χ0) is 13.9. The Morgan fingerprint density at radius 1 is 1.15 bits per heavy atom. The maximum absolute atomic E-state index is 6.04. The van der Waals surface area contributed by atoms with E-state index in [-0.39, 0.29) is 0 Å². The molecule has 104 valence electrons. The summed E-state index contributed by atoms with van der Waals surface area (Å²) in [4.78, 5) is 0. The second kappa shape index (κ2) is 5.86. The summed E-state index contributed by atoms with van der Waals surface area (Å²) in [6.45, 7) is 0.865. The second-order valence-corrected chi connectivity index (χ2v) is 5.69. The van der Waals surface area contributed by atoms with E-state index in [0.29, 0.717) is 6.04 Å². The van der Waals surface area contributed by atoms with Gasteiger partial charge in [0.15, 0.2) is 0 Å². The number of hydrogen-bond donors (Lipinski definition) is 1. The first-order chi connectivity index (χ1) is 9.74. The fourth-order valence-corrected chi connectivity index (χ4v) is 2.97. The lowest BCUT2D eigenvalue weighted by atomic mass is 10.1. The summed E-state index contributed by atoms with van der Waals surface area (Å²) in [6, 6.07) is 14.9. The van der Waals surface area contributed by atoms with E-state index < -0.39 is 0 Å². The molecule has 1 atom stereocenters. The van der Waals surface area contributed by atoms with Gasteiger partial charge in [0.05, 0.1) is 7.11 Å². The number of ether oxygens (including phenoxy) is 1. The van der Waals surface area contributed by atoms with Crippen LogP contribution in [0.3, 0.4) is 0 Å². The largest absolute Gasteiger partial charge is 0.497 e. The lowest BCUT2D eigenvalue weighted by molar-refractivity contribution is 0.413. The number of nitrogens with one attached hydrogen (secondary N) is 1. The minimum atomic E-state index is 0.495. The molecule has 0 aliphatic heterocycles. The highest BCUT2D eigenvalue weighted by Crippen LogP contribution is 2.25. The van der Waals surface area contributed by atoms with Gasteiger partial charge in [-0.1, -0.05) is 29.8 Å². The molecule has 0 aromatic heterocycles. The van der Waals surface area contributed by atoms with E-state index in [2.05, 4.69) is 29.6 Å². The summed E-state index contributed by atoms with van der Waals surface area (Å²) in [5.74, 6) is 0.908. The first kappa shape index (κ1) is 13.5. The Morgan fingerprint density at radius 3 is 2.85 bits per heavy atom. The Balaban J connectivity index is 1.60. The Hall–Kier alpha value is -1.51. The maximum atomic E-state index is 6.04. The number of rotatable bonds is 4. The Bertz CT molecular complexity index is 612. The maximum Gasteiger partial charge on any atom is 0.119 e.